The molecule has 20 heavy (non-hydrogen) atoms. The van der Waals surface area contributed by atoms with E-state index in [1.54, 1.807) is 0 Å². The van der Waals surface area contributed by atoms with Gasteiger partial charge in [-0.1, -0.05) is 19.3 Å². The van der Waals surface area contributed by atoms with Crippen LogP contribution in [0.5, 0.6) is 0 Å². The third-order valence-electron chi connectivity index (χ3n) is 3.65. The molecular weight excluding hydrogens is 330 g/mol. The number of amides is 1. The van der Waals surface area contributed by atoms with Crippen molar-refractivity contribution in [2.45, 2.75) is 44.1 Å². The molecule has 1 aliphatic carbocycles. The Balaban J connectivity index is 2.03. The van der Waals surface area contributed by atoms with Crippen LogP contribution in [-0.2, 0) is 4.79 Å². The molecule has 1 aromatic rings. The van der Waals surface area contributed by atoms with Crippen molar-refractivity contribution in [2.75, 3.05) is 5.32 Å². The van der Waals surface area contributed by atoms with E-state index in [-0.39, 0.29) is 22.5 Å². The molecule has 1 aliphatic rings. The van der Waals surface area contributed by atoms with E-state index in [0.717, 1.165) is 38.2 Å². The maximum Gasteiger partial charge on any atom is 0.226 e. The second-order valence-electron chi connectivity index (χ2n) is 5.39. The van der Waals surface area contributed by atoms with Gasteiger partial charge >= 0.3 is 0 Å². The lowest BCUT2D eigenvalue weighted by Crippen LogP contribution is -2.44. The second kappa shape index (κ2) is 6.18. The Labute approximate surface area is 125 Å². The molecule has 3 N–H and O–H groups in total. The first-order valence-corrected chi connectivity index (χ1v) is 7.42. The smallest absolute Gasteiger partial charge is 0.226 e. The fourth-order valence-corrected chi connectivity index (χ4v) is 2.91. The highest BCUT2D eigenvalue weighted by Gasteiger charge is 2.30. The lowest BCUT2D eigenvalue weighted by molar-refractivity contribution is -0.117. The topological polar surface area (TPSA) is 55.1 Å². The molecule has 2 rings (SSSR count). The van der Waals surface area contributed by atoms with E-state index in [1.807, 2.05) is 0 Å². The van der Waals surface area contributed by atoms with E-state index in [1.165, 1.54) is 6.07 Å². The van der Waals surface area contributed by atoms with Gasteiger partial charge in [0.2, 0.25) is 5.91 Å². The molecule has 0 bridgehead atoms. The summed E-state index contributed by atoms with van der Waals surface area (Å²) in [5.74, 6) is -1.84. The van der Waals surface area contributed by atoms with Gasteiger partial charge in [-0.3, -0.25) is 4.79 Å². The molecule has 0 radical (unpaired) electrons. The highest BCUT2D eigenvalue weighted by atomic mass is 79.9. The molecule has 1 saturated carbocycles. The summed E-state index contributed by atoms with van der Waals surface area (Å²) in [6, 6.07) is 1.95. The molecule has 3 nitrogen and oxygen atoms in total. The Morgan fingerprint density at radius 1 is 1.25 bits per heavy atom. The van der Waals surface area contributed by atoms with Crippen molar-refractivity contribution in [3.8, 4) is 0 Å². The van der Waals surface area contributed by atoms with Crippen LogP contribution in [0.2, 0.25) is 0 Å². The monoisotopic (exact) mass is 346 g/mol. The molecule has 1 fully saturated rings. The Hall–Kier alpha value is -1.01. The predicted molar refractivity (Wildman–Crippen MR) is 77.3 cm³/mol. The number of hydrogen-bond donors (Lipinski definition) is 2. The fraction of sp³-hybridized carbons (Fsp3) is 0.500. The van der Waals surface area contributed by atoms with E-state index in [2.05, 4.69) is 21.2 Å². The summed E-state index contributed by atoms with van der Waals surface area (Å²) in [5, 5.41) is 2.46. The van der Waals surface area contributed by atoms with Crippen molar-refractivity contribution in [3.63, 3.8) is 0 Å². The molecule has 0 atom stereocenters. The maximum absolute atomic E-state index is 13.6. The molecular formula is C14H17BrF2N2O. The zero-order valence-corrected chi connectivity index (χ0v) is 12.6. The molecule has 110 valence electrons. The van der Waals surface area contributed by atoms with Crippen molar-refractivity contribution in [1.82, 2.24) is 0 Å². The highest BCUT2D eigenvalue weighted by Crippen LogP contribution is 2.29. The number of anilines is 1. The van der Waals surface area contributed by atoms with Crippen molar-refractivity contribution in [1.29, 1.82) is 0 Å². The second-order valence-corrected chi connectivity index (χ2v) is 6.25. The average Bonchev–Trinajstić information content (AvgIpc) is 2.36. The Bertz CT molecular complexity index is 516. The van der Waals surface area contributed by atoms with Gasteiger partial charge in [-0.2, -0.15) is 0 Å². The minimum Gasteiger partial charge on any atom is -0.325 e. The summed E-state index contributed by atoms with van der Waals surface area (Å²) in [5.41, 5.74) is 5.64. The lowest BCUT2D eigenvalue weighted by atomic mass is 9.80. The average molecular weight is 347 g/mol. The summed E-state index contributed by atoms with van der Waals surface area (Å²) in [6.07, 6.45) is 4.92. The molecule has 0 spiro atoms. The van der Waals surface area contributed by atoms with Crippen LogP contribution in [0.4, 0.5) is 14.5 Å². The summed E-state index contributed by atoms with van der Waals surface area (Å²) in [6.45, 7) is 0. The number of hydrogen-bond acceptors (Lipinski definition) is 2. The molecule has 0 aliphatic heterocycles. The Morgan fingerprint density at radius 2 is 1.90 bits per heavy atom. The van der Waals surface area contributed by atoms with Crippen LogP contribution in [0.3, 0.4) is 0 Å². The standard InChI is InChI=1S/C14H17BrF2N2O/c15-9-6-12(11(17)7-10(9)16)19-13(20)8-14(18)4-2-1-3-5-14/h6-7H,1-5,8,18H2,(H,19,20). The van der Waals surface area contributed by atoms with E-state index < -0.39 is 17.2 Å². The maximum atomic E-state index is 13.6. The first-order valence-electron chi connectivity index (χ1n) is 6.63. The minimum atomic E-state index is -0.797. The number of halogens is 3. The van der Waals surface area contributed by atoms with Crippen molar-refractivity contribution in [3.05, 3.63) is 28.2 Å². The molecule has 0 aromatic heterocycles. The van der Waals surface area contributed by atoms with Crippen molar-refractivity contribution < 1.29 is 13.6 Å². The van der Waals surface area contributed by atoms with Crippen LogP contribution >= 0.6 is 15.9 Å². The summed E-state index contributed by atoms with van der Waals surface area (Å²) >= 11 is 2.96. The number of carbonyl (C=O) groups is 1. The SMILES string of the molecule is NC1(CC(=O)Nc2cc(Br)c(F)cc2F)CCCCC1. The van der Waals surface area contributed by atoms with E-state index in [9.17, 15) is 13.6 Å². The van der Waals surface area contributed by atoms with E-state index >= 15 is 0 Å². The van der Waals surface area contributed by atoms with Crippen LogP contribution in [0.1, 0.15) is 38.5 Å². The van der Waals surface area contributed by atoms with E-state index in [0.29, 0.717) is 0 Å². The van der Waals surface area contributed by atoms with Crippen LogP contribution in [-0.4, -0.2) is 11.4 Å². The summed E-state index contributed by atoms with van der Waals surface area (Å²) in [4.78, 5) is 12.0. The third kappa shape index (κ3) is 3.76. The molecule has 1 aromatic carbocycles. The lowest BCUT2D eigenvalue weighted by Gasteiger charge is -2.32. The Morgan fingerprint density at radius 3 is 2.55 bits per heavy atom. The van der Waals surface area contributed by atoms with Gasteiger partial charge in [0.1, 0.15) is 11.6 Å². The van der Waals surface area contributed by atoms with Crippen LogP contribution in [0, 0.1) is 11.6 Å². The largest absolute Gasteiger partial charge is 0.325 e. The zero-order chi connectivity index (χ0) is 14.8. The number of carbonyl (C=O) groups excluding carboxylic acids is 1. The molecule has 0 unspecified atom stereocenters. The third-order valence-corrected chi connectivity index (χ3v) is 4.25. The first kappa shape index (κ1) is 15.4. The van der Waals surface area contributed by atoms with Gasteiger partial charge in [-0.25, -0.2) is 8.78 Å². The number of nitrogens with two attached hydrogens (primary N) is 1. The van der Waals surface area contributed by atoms with Crippen LogP contribution < -0.4 is 11.1 Å². The first-order chi connectivity index (χ1) is 9.39. The van der Waals surface area contributed by atoms with Gasteiger partial charge in [-0.05, 0) is 34.8 Å². The number of rotatable bonds is 3. The van der Waals surface area contributed by atoms with Crippen LogP contribution in [0.25, 0.3) is 0 Å². The van der Waals surface area contributed by atoms with E-state index in [4.69, 9.17) is 5.73 Å². The molecule has 0 heterocycles. The van der Waals surface area contributed by atoms with Gasteiger partial charge in [0.05, 0.1) is 10.2 Å². The number of benzene rings is 1. The molecule has 0 saturated heterocycles. The van der Waals surface area contributed by atoms with Crippen LogP contribution in [0.15, 0.2) is 16.6 Å². The fourth-order valence-electron chi connectivity index (χ4n) is 2.57. The predicted octanol–water partition coefficient (Wildman–Crippen LogP) is 3.72. The van der Waals surface area contributed by atoms with Gasteiger partial charge in [0.15, 0.2) is 0 Å². The highest BCUT2D eigenvalue weighted by molar-refractivity contribution is 9.10. The Kier molecular flexibility index (Phi) is 4.75. The minimum absolute atomic E-state index is 0.0392. The van der Waals surface area contributed by atoms with Gasteiger partial charge < -0.3 is 11.1 Å². The summed E-state index contributed by atoms with van der Waals surface area (Å²) in [7, 11) is 0. The zero-order valence-electron chi connectivity index (χ0n) is 11.0. The normalized spacial score (nSPS) is 17.8. The van der Waals surface area contributed by atoms with Gasteiger partial charge in [0.25, 0.3) is 0 Å². The van der Waals surface area contributed by atoms with Gasteiger partial charge in [0, 0.05) is 18.0 Å². The molecule has 6 heteroatoms. The summed E-state index contributed by atoms with van der Waals surface area (Å²) < 4.78 is 26.8. The quantitative estimate of drug-likeness (QED) is 0.819. The van der Waals surface area contributed by atoms with Gasteiger partial charge in [-0.15, -0.1) is 0 Å². The molecule has 1 amide bonds. The number of nitrogens with one attached hydrogen (secondary N) is 1. The van der Waals surface area contributed by atoms with Crippen molar-refractivity contribution >= 4 is 27.5 Å². The van der Waals surface area contributed by atoms with Crippen molar-refractivity contribution in [2.24, 2.45) is 5.73 Å².